The second kappa shape index (κ2) is 6.76. The van der Waals surface area contributed by atoms with Crippen molar-refractivity contribution in [1.82, 2.24) is 5.32 Å². The second-order valence-electron chi connectivity index (χ2n) is 5.46. The lowest BCUT2D eigenvalue weighted by Gasteiger charge is -2.13. The van der Waals surface area contributed by atoms with Gasteiger partial charge < -0.3 is 5.32 Å². The summed E-state index contributed by atoms with van der Waals surface area (Å²) in [6, 6.07) is 13.7. The van der Waals surface area contributed by atoms with E-state index in [1.54, 1.807) is 0 Å². The molecular formula is C17H20ClNO. The molecule has 0 aromatic heterocycles. The molecule has 1 N–H and O–H groups in total. The Morgan fingerprint density at radius 3 is 2.60 bits per heavy atom. The van der Waals surface area contributed by atoms with Gasteiger partial charge in [0.15, 0.2) is 0 Å². The number of carbonyl (C=O) groups excluding carboxylic acids is 1. The molecule has 0 saturated heterocycles. The maximum Gasteiger partial charge on any atom is 0.251 e. The number of amides is 1. The molecule has 0 aliphatic rings. The highest BCUT2D eigenvalue weighted by Gasteiger charge is 2.12. The minimum Gasteiger partial charge on any atom is -0.351 e. The summed E-state index contributed by atoms with van der Waals surface area (Å²) >= 11 is 6.21. The molecule has 3 heteroatoms. The Morgan fingerprint density at radius 1 is 1.15 bits per heavy atom. The van der Waals surface area contributed by atoms with Crippen molar-refractivity contribution in [1.29, 1.82) is 0 Å². The van der Waals surface area contributed by atoms with Crippen LogP contribution in [0.25, 0.3) is 10.8 Å². The first-order valence-electron chi connectivity index (χ1n) is 6.98. The van der Waals surface area contributed by atoms with Crippen molar-refractivity contribution >= 4 is 28.3 Å². The summed E-state index contributed by atoms with van der Waals surface area (Å²) in [5.74, 6) is 0.475. The Bertz CT molecular complexity index is 589. The zero-order chi connectivity index (χ0) is 14.5. The molecule has 0 spiro atoms. The Hall–Kier alpha value is -1.54. The van der Waals surface area contributed by atoms with Crippen LogP contribution in [0.15, 0.2) is 42.5 Å². The van der Waals surface area contributed by atoms with Crippen LogP contribution in [-0.2, 0) is 0 Å². The zero-order valence-electron chi connectivity index (χ0n) is 11.9. The molecule has 0 fully saturated rings. The van der Waals surface area contributed by atoms with E-state index >= 15 is 0 Å². The molecule has 20 heavy (non-hydrogen) atoms. The average molecular weight is 290 g/mol. The minimum atomic E-state index is -0.0591. The van der Waals surface area contributed by atoms with Crippen LogP contribution in [-0.4, -0.2) is 17.8 Å². The first kappa shape index (κ1) is 14.9. The van der Waals surface area contributed by atoms with Gasteiger partial charge in [0, 0.05) is 12.1 Å². The van der Waals surface area contributed by atoms with Crippen molar-refractivity contribution in [3.8, 4) is 0 Å². The Kier molecular flexibility index (Phi) is 5.02. The number of hydrogen-bond acceptors (Lipinski definition) is 1. The van der Waals surface area contributed by atoms with E-state index in [1.165, 1.54) is 0 Å². The Morgan fingerprint density at radius 2 is 1.85 bits per heavy atom. The normalized spacial score (nSPS) is 12.6. The summed E-state index contributed by atoms with van der Waals surface area (Å²) in [6.45, 7) is 4.76. The molecule has 0 heterocycles. The summed E-state index contributed by atoms with van der Waals surface area (Å²) < 4.78 is 0. The smallest absolute Gasteiger partial charge is 0.251 e. The SMILES string of the molecule is CC(C)CC(Cl)CNC(=O)c1cccc2ccccc12. The third kappa shape index (κ3) is 3.73. The van der Waals surface area contributed by atoms with Crippen LogP contribution in [0.2, 0.25) is 0 Å². The van der Waals surface area contributed by atoms with Crippen LogP contribution in [0, 0.1) is 5.92 Å². The van der Waals surface area contributed by atoms with Crippen LogP contribution >= 0.6 is 11.6 Å². The highest BCUT2D eigenvalue weighted by Crippen LogP contribution is 2.18. The summed E-state index contributed by atoms with van der Waals surface area (Å²) in [5.41, 5.74) is 0.705. The number of alkyl halides is 1. The predicted octanol–water partition coefficient (Wildman–Crippen LogP) is 4.22. The summed E-state index contributed by atoms with van der Waals surface area (Å²) in [4.78, 5) is 12.3. The molecule has 2 aromatic carbocycles. The van der Waals surface area contributed by atoms with Gasteiger partial charge in [0.2, 0.25) is 0 Å². The maximum atomic E-state index is 12.3. The fraction of sp³-hybridized carbons (Fsp3) is 0.353. The van der Waals surface area contributed by atoms with E-state index in [9.17, 15) is 4.79 Å². The van der Waals surface area contributed by atoms with E-state index in [-0.39, 0.29) is 11.3 Å². The van der Waals surface area contributed by atoms with Gasteiger partial charge in [-0.2, -0.15) is 0 Å². The summed E-state index contributed by atoms with van der Waals surface area (Å²) in [6.07, 6.45) is 0.900. The quantitative estimate of drug-likeness (QED) is 0.820. The molecule has 0 radical (unpaired) electrons. The van der Waals surface area contributed by atoms with E-state index in [1.807, 2.05) is 42.5 Å². The van der Waals surface area contributed by atoms with Crippen molar-refractivity contribution in [3.63, 3.8) is 0 Å². The van der Waals surface area contributed by atoms with Gasteiger partial charge in [-0.3, -0.25) is 4.79 Å². The van der Waals surface area contributed by atoms with Gasteiger partial charge in [0.1, 0.15) is 0 Å². The van der Waals surface area contributed by atoms with Crippen LogP contribution < -0.4 is 5.32 Å². The van der Waals surface area contributed by atoms with Crippen molar-refractivity contribution in [2.24, 2.45) is 5.92 Å². The molecule has 1 unspecified atom stereocenters. The van der Waals surface area contributed by atoms with Gasteiger partial charge in [-0.1, -0.05) is 50.2 Å². The standard InChI is InChI=1S/C17H20ClNO/c1-12(2)10-14(18)11-19-17(20)16-9-5-7-13-6-3-4-8-15(13)16/h3-9,12,14H,10-11H2,1-2H3,(H,19,20). The fourth-order valence-corrected chi connectivity index (χ4v) is 2.75. The van der Waals surface area contributed by atoms with Gasteiger partial charge in [-0.15, -0.1) is 11.6 Å². The van der Waals surface area contributed by atoms with Gasteiger partial charge in [-0.25, -0.2) is 0 Å². The highest BCUT2D eigenvalue weighted by molar-refractivity contribution is 6.21. The molecule has 2 rings (SSSR count). The molecular weight excluding hydrogens is 270 g/mol. The first-order chi connectivity index (χ1) is 9.58. The molecule has 2 nitrogen and oxygen atoms in total. The largest absolute Gasteiger partial charge is 0.351 e. The van der Waals surface area contributed by atoms with Crippen molar-refractivity contribution in [2.75, 3.05) is 6.54 Å². The van der Waals surface area contributed by atoms with E-state index in [4.69, 9.17) is 11.6 Å². The number of hydrogen-bond donors (Lipinski definition) is 1. The van der Waals surface area contributed by atoms with E-state index in [0.29, 0.717) is 18.0 Å². The number of benzene rings is 2. The number of rotatable bonds is 5. The van der Waals surface area contributed by atoms with Crippen LogP contribution in [0.3, 0.4) is 0 Å². The molecule has 2 aromatic rings. The number of carbonyl (C=O) groups is 1. The third-order valence-corrected chi connectivity index (χ3v) is 3.58. The van der Waals surface area contributed by atoms with Crippen LogP contribution in [0.4, 0.5) is 0 Å². The lowest BCUT2D eigenvalue weighted by atomic mass is 10.0. The van der Waals surface area contributed by atoms with Crippen molar-refractivity contribution in [2.45, 2.75) is 25.6 Å². The average Bonchev–Trinajstić information content (AvgIpc) is 2.43. The Labute approximate surface area is 125 Å². The van der Waals surface area contributed by atoms with Crippen LogP contribution in [0.1, 0.15) is 30.6 Å². The monoisotopic (exact) mass is 289 g/mol. The van der Waals surface area contributed by atoms with Crippen LogP contribution in [0.5, 0.6) is 0 Å². The van der Waals surface area contributed by atoms with Gasteiger partial charge >= 0.3 is 0 Å². The lowest BCUT2D eigenvalue weighted by molar-refractivity contribution is 0.0954. The van der Waals surface area contributed by atoms with Crippen molar-refractivity contribution in [3.05, 3.63) is 48.0 Å². The summed E-state index contributed by atoms with van der Waals surface area (Å²) in [5, 5.41) is 4.95. The number of fused-ring (bicyclic) bond motifs is 1. The minimum absolute atomic E-state index is 0.0195. The predicted molar refractivity (Wildman–Crippen MR) is 85.4 cm³/mol. The fourth-order valence-electron chi connectivity index (χ4n) is 2.32. The molecule has 1 amide bonds. The number of halogens is 1. The lowest BCUT2D eigenvalue weighted by Crippen LogP contribution is -2.30. The van der Waals surface area contributed by atoms with E-state index in [2.05, 4.69) is 19.2 Å². The van der Waals surface area contributed by atoms with Gasteiger partial charge in [0.05, 0.1) is 5.38 Å². The van der Waals surface area contributed by atoms with Gasteiger partial charge in [-0.05, 0) is 29.2 Å². The molecule has 0 aliphatic heterocycles. The summed E-state index contributed by atoms with van der Waals surface area (Å²) in [7, 11) is 0. The first-order valence-corrected chi connectivity index (χ1v) is 7.41. The van der Waals surface area contributed by atoms with E-state index in [0.717, 1.165) is 17.2 Å². The maximum absolute atomic E-state index is 12.3. The molecule has 0 saturated carbocycles. The topological polar surface area (TPSA) is 29.1 Å². The molecule has 1 atom stereocenters. The van der Waals surface area contributed by atoms with Crippen molar-refractivity contribution < 1.29 is 4.79 Å². The molecule has 0 bridgehead atoms. The highest BCUT2D eigenvalue weighted by atomic mass is 35.5. The molecule has 0 aliphatic carbocycles. The van der Waals surface area contributed by atoms with E-state index < -0.39 is 0 Å². The molecule has 106 valence electrons. The second-order valence-corrected chi connectivity index (χ2v) is 6.08. The zero-order valence-corrected chi connectivity index (χ0v) is 12.7. The third-order valence-electron chi connectivity index (χ3n) is 3.25. The number of nitrogens with one attached hydrogen (secondary N) is 1. The Balaban J connectivity index is 2.08. The van der Waals surface area contributed by atoms with Gasteiger partial charge in [0.25, 0.3) is 5.91 Å².